The van der Waals surface area contributed by atoms with E-state index in [0.717, 1.165) is 63.9 Å². The Kier molecular flexibility index (Phi) is 8.75. The first-order chi connectivity index (χ1) is 17.1. The van der Waals surface area contributed by atoms with Crippen LogP contribution in [0.4, 0.5) is 10.2 Å². The number of halogens is 2. The van der Waals surface area contributed by atoms with E-state index in [2.05, 4.69) is 20.4 Å². The highest BCUT2D eigenvalue weighted by molar-refractivity contribution is 6.31. The van der Waals surface area contributed by atoms with Crippen LogP contribution in [0, 0.1) is 17.2 Å². The van der Waals surface area contributed by atoms with Gasteiger partial charge in [-0.2, -0.15) is 5.26 Å². The van der Waals surface area contributed by atoms with E-state index < -0.39 is 0 Å². The molecule has 0 radical (unpaired) electrons. The Balaban J connectivity index is 1.21. The number of alkyl halides is 1. The molecule has 9 heteroatoms. The van der Waals surface area contributed by atoms with Crippen LogP contribution in [0.3, 0.4) is 0 Å². The number of nitriles is 1. The first-order valence-electron chi connectivity index (χ1n) is 12.4. The zero-order chi connectivity index (χ0) is 24.6. The zero-order valence-corrected chi connectivity index (χ0v) is 20.5. The summed E-state index contributed by atoms with van der Waals surface area (Å²) in [7, 11) is 0. The largest absolute Gasteiger partial charge is 0.490 e. The van der Waals surface area contributed by atoms with Gasteiger partial charge in [0, 0.05) is 25.2 Å². The van der Waals surface area contributed by atoms with Crippen molar-refractivity contribution in [1.82, 2.24) is 15.5 Å². The quantitative estimate of drug-likeness (QED) is 0.544. The monoisotopic (exact) mass is 499 g/mol. The second kappa shape index (κ2) is 12.2. The van der Waals surface area contributed by atoms with Crippen LogP contribution in [-0.2, 0) is 0 Å². The summed E-state index contributed by atoms with van der Waals surface area (Å²) in [6.45, 7) is 1.53. The minimum Gasteiger partial charge on any atom is -0.490 e. The van der Waals surface area contributed by atoms with Gasteiger partial charge in [0.15, 0.2) is 11.5 Å². The van der Waals surface area contributed by atoms with Crippen molar-refractivity contribution < 1.29 is 13.9 Å². The van der Waals surface area contributed by atoms with E-state index in [0.29, 0.717) is 34.4 Å². The second-order valence-corrected chi connectivity index (χ2v) is 9.76. The molecule has 1 N–H and O–H groups in total. The van der Waals surface area contributed by atoms with Crippen LogP contribution < -0.4 is 15.0 Å². The van der Waals surface area contributed by atoms with Crippen molar-refractivity contribution in [3.8, 4) is 11.8 Å². The number of nitrogens with zero attached hydrogens (tertiary/aromatic N) is 4. The number of ether oxygens (including phenoxy) is 1. The molecule has 0 atom stereocenters. The van der Waals surface area contributed by atoms with Crippen LogP contribution in [0.1, 0.15) is 67.4 Å². The number of rotatable bonds is 8. The third-order valence-corrected chi connectivity index (χ3v) is 7.25. The van der Waals surface area contributed by atoms with Crippen molar-refractivity contribution in [3.05, 3.63) is 46.6 Å². The molecule has 7 nitrogen and oxygen atoms in total. The Morgan fingerprint density at radius 2 is 1.91 bits per heavy atom. The number of hydrogen-bond acceptors (Lipinski definition) is 6. The van der Waals surface area contributed by atoms with Crippen LogP contribution in [0.2, 0.25) is 5.02 Å². The maximum atomic E-state index is 12.7. The van der Waals surface area contributed by atoms with Crippen LogP contribution in [0.5, 0.6) is 5.75 Å². The van der Waals surface area contributed by atoms with Gasteiger partial charge in [-0.1, -0.05) is 11.6 Å². The smallest absolute Gasteiger partial charge is 0.272 e. The van der Waals surface area contributed by atoms with Gasteiger partial charge in [0.1, 0.15) is 11.8 Å². The van der Waals surface area contributed by atoms with Crippen molar-refractivity contribution in [2.75, 3.05) is 24.7 Å². The van der Waals surface area contributed by atoms with Crippen LogP contribution >= 0.6 is 11.6 Å². The minimum atomic E-state index is -0.238. The zero-order valence-electron chi connectivity index (χ0n) is 19.8. The summed E-state index contributed by atoms with van der Waals surface area (Å²) in [5.41, 5.74) is 0.744. The molecule has 1 aromatic heterocycles. The molecule has 0 spiro atoms. The normalized spacial score (nSPS) is 20.8. The molecule has 0 unspecified atom stereocenters. The Morgan fingerprint density at radius 1 is 1.14 bits per heavy atom. The lowest BCUT2D eigenvalue weighted by Crippen LogP contribution is -2.40. The molecular formula is C26H31ClFN5O2. The highest BCUT2D eigenvalue weighted by Crippen LogP contribution is 2.28. The number of anilines is 1. The molecule has 0 bridgehead atoms. The predicted octanol–water partition coefficient (Wildman–Crippen LogP) is 5.09. The third-order valence-electron chi connectivity index (χ3n) is 6.94. The molecule has 2 aromatic rings. The van der Waals surface area contributed by atoms with Gasteiger partial charge < -0.3 is 15.0 Å². The molecule has 1 aliphatic carbocycles. The Morgan fingerprint density at radius 3 is 2.54 bits per heavy atom. The van der Waals surface area contributed by atoms with E-state index in [4.69, 9.17) is 21.6 Å². The molecule has 1 saturated heterocycles. The first kappa shape index (κ1) is 25.2. The molecule has 2 fully saturated rings. The van der Waals surface area contributed by atoms with Gasteiger partial charge >= 0.3 is 0 Å². The Bertz CT molecular complexity index is 1030. The molecule has 186 valence electrons. The number of carbonyl (C=O) groups excluding carboxylic acids is 1. The lowest BCUT2D eigenvalue weighted by atomic mass is 9.92. The lowest BCUT2D eigenvalue weighted by molar-refractivity contribution is 0.0888. The molecule has 1 saturated carbocycles. The maximum Gasteiger partial charge on any atom is 0.272 e. The number of hydrogen-bond donors (Lipinski definition) is 1. The Hall–Kier alpha value is -2.92. The summed E-state index contributed by atoms with van der Waals surface area (Å²) in [5, 5.41) is 20.9. The predicted molar refractivity (Wildman–Crippen MR) is 132 cm³/mol. The van der Waals surface area contributed by atoms with E-state index in [-0.39, 0.29) is 24.7 Å². The highest BCUT2D eigenvalue weighted by atomic mass is 35.5. The molecule has 2 aliphatic rings. The molecule has 2 heterocycles. The molecule has 1 amide bonds. The standard InChI is InChI=1S/C26H31ClFN5O2/c27-23-16-22(6-3-19(23)17-29)35-21-7-4-20(5-8-21)30-26(34)24-9-10-25(32-31-24)33-14-11-18(12-15-33)2-1-13-28/h3,6,9-10,16,18,20-21H,1-2,4-5,7-8,11-15H2,(H,30,34). The van der Waals surface area contributed by atoms with Crippen molar-refractivity contribution in [3.63, 3.8) is 0 Å². The fourth-order valence-corrected chi connectivity index (χ4v) is 5.08. The van der Waals surface area contributed by atoms with Gasteiger partial charge in [0.2, 0.25) is 0 Å². The first-order valence-corrected chi connectivity index (χ1v) is 12.8. The van der Waals surface area contributed by atoms with E-state index in [1.54, 1.807) is 24.3 Å². The van der Waals surface area contributed by atoms with Gasteiger partial charge in [-0.3, -0.25) is 9.18 Å². The topological polar surface area (TPSA) is 91.1 Å². The number of amides is 1. The molecule has 1 aliphatic heterocycles. The fourth-order valence-electron chi connectivity index (χ4n) is 4.87. The van der Waals surface area contributed by atoms with Gasteiger partial charge in [-0.25, -0.2) is 0 Å². The minimum absolute atomic E-state index is 0.0485. The summed E-state index contributed by atoms with van der Waals surface area (Å²) in [5.74, 6) is 1.81. The van der Waals surface area contributed by atoms with Crippen molar-refractivity contribution >= 4 is 23.3 Å². The summed E-state index contributed by atoms with van der Waals surface area (Å²) >= 11 is 6.09. The van der Waals surface area contributed by atoms with Crippen molar-refractivity contribution in [2.45, 2.75) is 63.5 Å². The van der Waals surface area contributed by atoms with Gasteiger partial charge in [-0.05, 0) is 81.5 Å². The summed E-state index contributed by atoms with van der Waals surface area (Å²) < 4.78 is 18.4. The van der Waals surface area contributed by atoms with E-state index in [1.165, 1.54) is 0 Å². The van der Waals surface area contributed by atoms with Crippen molar-refractivity contribution in [1.29, 1.82) is 5.26 Å². The van der Waals surface area contributed by atoms with E-state index >= 15 is 0 Å². The molecular weight excluding hydrogens is 469 g/mol. The van der Waals surface area contributed by atoms with E-state index in [9.17, 15) is 9.18 Å². The van der Waals surface area contributed by atoms with Gasteiger partial charge in [0.25, 0.3) is 5.91 Å². The van der Waals surface area contributed by atoms with Crippen molar-refractivity contribution in [2.24, 2.45) is 5.92 Å². The summed E-state index contributed by atoms with van der Waals surface area (Å²) in [6.07, 6.45) is 6.97. The molecule has 1 aromatic carbocycles. The lowest BCUT2D eigenvalue weighted by Gasteiger charge is -2.32. The van der Waals surface area contributed by atoms with Crippen LogP contribution in [0.15, 0.2) is 30.3 Å². The highest BCUT2D eigenvalue weighted by Gasteiger charge is 2.25. The number of aromatic nitrogens is 2. The summed E-state index contributed by atoms with van der Waals surface area (Å²) in [4.78, 5) is 14.9. The third kappa shape index (κ3) is 6.82. The number of benzene rings is 1. The number of piperidine rings is 1. The maximum absolute atomic E-state index is 12.7. The average molecular weight is 500 g/mol. The number of carbonyl (C=O) groups is 1. The molecule has 35 heavy (non-hydrogen) atoms. The Labute approximate surface area is 210 Å². The fraction of sp³-hybridized carbons (Fsp3) is 0.538. The van der Waals surface area contributed by atoms with Crippen LogP contribution in [-0.4, -0.2) is 48.0 Å². The van der Waals surface area contributed by atoms with Gasteiger partial charge in [0.05, 0.1) is 23.4 Å². The SMILES string of the molecule is N#Cc1ccc(OC2CCC(NC(=O)c3ccc(N4CCC(CCCF)CC4)nn3)CC2)cc1Cl. The van der Waals surface area contributed by atoms with Gasteiger partial charge in [-0.15, -0.1) is 10.2 Å². The average Bonchev–Trinajstić information content (AvgIpc) is 2.89. The van der Waals surface area contributed by atoms with E-state index in [1.807, 2.05) is 12.1 Å². The van der Waals surface area contributed by atoms with Crippen LogP contribution in [0.25, 0.3) is 0 Å². The molecule has 4 rings (SSSR count). The number of nitrogens with one attached hydrogen (secondary N) is 1. The second-order valence-electron chi connectivity index (χ2n) is 9.36. The summed E-state index contributed by atoms with van der Waals surface area (Å²) in [6, 6.07) is 10.8.